The van der Waals surface area contributed by atoms with Gasteiger partial charge in [-0.15, -0.1) is 0 Å². The summed E-state index contributed by atoms with van der Waals surface area (Å²) in [6.07, 6.45) is 1.67. The number of nitrogens with zero attached hydrogens (tertiary/aromatic N) is 1. The third kappa shape index (κ3) is 3.52. The molecular formula is C10H15ClN2O. The molecule has 0 bridgehead atoms. The van der Waals surface area contributed by atoms with Crippen LogP contribution in [0.25, 0.3) is 0 Å². The summed E-state index contributed by atoms with van der Waals surface area (Å²) in [6.45, 7) is 5.41. The lowest BCUT2D eigenvalue weighted by atomic mass is 10.3. The van der Waals surface area contributed by atoms with Gasteiger partial charge in [0.2, 0.25) is 0 Å². The first-order valence-electron chi connectivity index (χ1n) is 4.68. The van der Waals surface area contributed by atoms with E-state index < -0.39 is 0 Å². The van der Waals surface area contributed by atoms with Crippen LogP contribution in [0.3, 0.4) is 0 Å². The molecule has 1 N–H and O–H groups in total. The van der Waals surface area contributed by atoms with Gasteiger partial charge < -0.3 is 10.1 Å². The van der Waals surface area contributed by atoms with E-state index in [1.807, 2.05) is 26.0 Å². The summed E-state index contributed by atoms with van der Waals surface area (Å²) in [7, 11) is 0. The summed E-state index contributed by atoms with van der Waals surface area (Å²) < 4.78 is 5.28. The van der Waals surface area contributed by atoms with E-state index in [-0.39, 0.29) is 6.04 Å². The molecule has 0 amide bonds. The van der Waals surface area contributed by atoms with Crippen LogP contribution in [0.5, 0.6) is 0 Å². The highest BCUT2D eigenvalue weighted by Gasteiger charge is 2.04. The van der Waals surface area contributed by atoms with Gasteiger partial charge in [-0.05, 0) is 26.0 Å². The summed E-state index contributed by atoms with van der Waals surface area (Å²) in [5.74, 6) is 0. The highest BCUT2D eigenvalue weighted by molar-refractivity contribution is 6.31. The molecule has 3 nitrogen and oxygen atoms in total. The van der Waals surface area contributed by atoms with E-state index >= 15 is 0 Å². The zero-order valence-electron chi connectivity index (χ0n) is 8.46. The number of pyridine rings is 1. The molecule has 78 valence electrons. The monoisotopic (exact) mass is 214 g/mol. The molecule has 1 unspecified atom stereocenters. The number of anilines is 1. The van der Waals surface area contributed by atoms with Gasteiger partial charge in [0.05, 0.1) is 12.3 Å². The molecule has 1 aromatic rings. The number of hydrogen-bond acceptors (Lipinski definition) is 3. The van der Waals surface area contributed by atoms with E-state index in [0.29, 0.717) is 11.8 Å². The average Bonchev–Trinajstić information content (AvgIpc) is 2.18. The van der Waals surface area contributed by atoms with Crippen molar-refractivity contribution in [3.63, 3.8) is 0 Å². The van der Waals surface area contributed by atoms with Gasteiger partial charge in [-0.3, -0.25) is 0 Å². The minimum atomic E-state index is 0.233. The van der Waals surface area contributed by atoms with Gasteiger partial charge in [0.15, 0.2) is 5.15 Å². The molecule has 0 fully saturated rings. The lowest BCUT2D eigenvalue weighted by Crippen LogP contribution is -2.21. The maximum absolute atomic E-state index is 5.89. The van der Waals surface area contributed by atoms with Crippen LogP contribution in [0, 0.1) is 0 Å². The Bertz CT molecular complexity index is 281. The van der Waals surface area contributed by atoms with Crippen molar-refractivity contribution < 1.29 is 4.74 Å². The Morgan fingerprint density at radius 3 is 3.07 bits per heavy atom. The molecule has 0 saturated carbocycles. The number of hydrogen-bond donors (Lipinski definition) is 1. The van der Waals surface area contributed by atoms with E-state index in [0.717, 1.165) is 12.3 Å². The Kier molecular flexibility index (Phi) is 4.70. The summed E-state index contributed by atoms with van der Waals surface area (Å²) in [5, 5.41) is 3.72. The lowest BCUT2D eigenvalue weighted by molar-refractivity contribution is 0.141. The normalized spacial score (nSPS) is 12.5. The van der Waals surface area contributed by atoms with Crippen molar-refractivity contribution in [1.82, 2.24) is 4.98 Å². The first-order chi connectivity index (χ1) is 6.74. The molecule has 0 aliphatic heterocycles. The Balaban J connectivity index is 2.47. The first-order valence-corrected chi connectivity index (χ1v) is 5.06. The van der Waals surface area contributed by atoms with Crippen LogP contribution in [0.4, 0.5) is 5.69 Å². The maximum Gasteiger partial charge on any atom is 0.152 e. The Labute approximate surface area is 89.4 Å². The molecule has 0 saturated heterocycles. The van der Waals surface area contributed by atoms with Crippen LogP contribution in [-0.4, -0.2) is 24.2 Å². The molecule has 1 rings (SSSR count). The molecule has 1 heterocycles. The van der Waals surface area contributed by atoms with E-state index in [1.54, 1.807) is 6.20 Å². The van der Waals surface area contributed by atoms with E-state index in [9.17, 15) is 0 Å². The molecule has 0 aliphatic carbocycles. The molecule has 0 aliphatic rings. The van der Waals surface area contributed by atoms with Crippen LogP contribution in [0.1, 0.15) is 13.8 Å². The zero-order chi connectivity index (χ0) is 10.4. The van der Waals surface area contributed by atoms with Crippen LogP contribution < -0.4 is 5.32 Å². The second kappa shape index (κ2) is 5.83. The van der Waals surface area contributed by atoms with Crippen molar-refractivity contribution in [2.75, 3.05) is 18.5 Å². The van der Waals surface area contributed by atoms with Crippen molar-refractivity contribution in [3.8, 4) is 0 Å². The van der Waals surface area contributed by atoms with Crippen molar-refractivity contribution in [2.45, 2.75) is 19.9 Å². The summed E-state index contributed by atoms with van der Waals surface area (Å²) in [6, 6.07) is 3.98. The predicted molar refractivity (Wildman–Crippen MR) is 58.8 cm³/mol. The molecule has 0 spiro atoms. The quantitative estimate of drug-likeness (QED) is 0.765. The highest BCUT2D eigenvalue weighted by atomic mass is 35.5. The Morgan fingerprint density at radius 1 is 1.64 bits per heavy atom. The van der Waals surface area contributed by atoms with Crippen molar-refractivity contribution in [3.05, 3.63) is 23.5 Å². The van der Waals surface area contributed by atoms with Crippen LogP contribution in [-0.2, 0) is 4.74 Å². The fourth-order valence-electron chi connectivity index (χ4n) is 1.10. The number of halogens is 1. The number of aromatic nitrogens is 1. The minimum Gasteiger partial charge on any atom is -0.380 e. The van der Waals surface area contributed by atoms with Gasteiger partial charge in [0.25, 0.3) is 0 Å². The van der Waals surface area contributed by atoms with Gasteiger partial charge in [-0.25, -0.2) is 4.98 Å². The average molecular weight is 215 g/mol. The minimum absolute atomic E-state index is 0.233. The maximum atomic E-state index is 5.89. The fourth-order valence-corrected chi connectivity index (χ4v) is 1.27. The van der Waals surface area contributed by atoms with Crippen molar-refractivity contribution in [2.24, 2.45) is 0 Å². The third-order valence-electron chi connectivity index (χ3n) is 1.73. The lowest BCUT2D eigenvalue weighted by Gasteiger charge is -2.15. The van der Waals surface area contributed by atoms with Gasteiger partial charge in [-0.2, -0.15) is 0 Å². The number of nitrogens with one attached hydrogen (secondary N) is 1. The molecule has 0 aromatic carbocycles. The van der Waals surface area contributed by atoms with Crippen LogP contribution >= 0.6 is 11.6 Å². The van der Waals surface area contributed by atoms with Gasteiger partial charge >= 0.3 is 0 Å². The molecule has 1 aromatic heterocycles. The Hall–Kier alpha value is -0.800. The molecular weight excluding hydrogens is 200 g/mol. The van der Waals surface area contributed by atoms with E-state index in [2.05, 4.69) is 10.3 Å². The smallest absolute Gasteiger partial charge is 0.152 e. The molecule has 0 radical (unpaired) electrons. The zero-order valence-corrected chi connectivity index (χ0v) is 9.21. The summed E-state index contributed by atoms with van der Waals surface area (Å²) in [4.78, 5) is 3.97. The molecule has 14 heavy (non-hydrogen) atoms. The van der Waals surface area contributed by atoms with Crippen molar-refractivity contribution >= 4 is 17.3 Å². The van der Waals surface area contributed by atoms with Crippen LogP contribution in [0.15, 0.2) is 18.3 Å². The number of rotatable bonds is 5. The largest absolute Gasteiger partial charge is 0.380 e. The van der Waals surface area contributed by atoms with Crippen molar-refractivity contribution in [1.29, 1.82) is 0 Å². The van der Waals surface area contributed by atoms with Gasteiger partial charge in [0.1, 0.15) is 0 Å². The van der Waals surface area contributed by atoms with E-state index in [1.165, 1.54) is 0 Å². The second-order valence-corrected chi connectivity index (χ2v) is 3.40. The first kappa shape index (κ1) is 11.3. The van der Waals surface area contributed by atoms with E-state index in [4.69, 9.17) is 16.3 Å². The third-order valence-corrected chi connectivity index (χ3v) is 2.03. The molecule has 1 atom stereocenters. The standard InChI is InChI=1S/C10H15ClN2O/c1-3-14-7-8(2)13-9-5-4-6-12-10(9)11/h4-6,8,13H,3,7H2,1-2H3. The SMILES string of the molecule is CCOCC(C)Nc1cccnc1Cl. The van der Waals surface area contributed by atoms with Gasteiger partial charge in [0, 0.05) is 18.8 Å². The highest BCUT2D eigenvalue weighted by Crippen LogP contribution is 2.18. The summed E-state index contributed by atoms with van der Waals surface area (Å²) >= 11 is 5.89. The predicted octanol–water partition coefficient (Wildman–Crippen LogP) is 2.57. The fraction of sp³-hybridized carbons (Fsp3) is 0.500. The van der Waals surface area contributed by atoms with Gasteiger partial charge in [-0.1, -0.05) is 11.6 Å². The topological polar surface area (TPSA) is 34.1 Å². The summed E-state index contributed by atoms with van der Waals surface area (Å²) in [5.41, 5.74) is 0.848. The molecule has 4 heteroatoms. The number of ether oxygens (including phenoxy) is 1. The van der Waals surface area contributed by atoms with Crippen LogP contribution in [0.2, 0.25) is 5.15 Å². The second-order valence-electron chi connectivity index (χ2n) is 3.05. The Morgan fingerprint density at radius 2 is 2.43 bits per heavy atom.